The number of nitrogens with one attached hydrogen (secondary N) is 2. The van der Waals surface area contributed by atoms with E-state index in [1.165, 1.54) is 32.4 Å². The Morgan fingerprint density at radius 1 is 1.25 bits per heavy atom. The van der Waals surface area contributed by atoms with Gasteiger partial charge < -0.3 is 14.8 Å². The van der Waals surface area contributed by atoms with E-state index in [1.807, 2.05) is 11.6 Å². The summed E-state index contributed by atoms with van der Waals surface area (Å²) in [6, 6.07) is 3.44. The number of hydrogen-bond acceptors (Lipinski definition) is 5. The Bertz CT molecular complexity index is 571. The summed E-state index contributed by atoms with van der Waals surface area (Å²) in [5.74, 6) is 0.552. The third-order valence-electron chi connectivity index (χ3n) is 2.42. The van der Waals surface area contributed by atoms with Crippen molar-refractivity contribution in [3.63, 3.8) is 0 Å². The Hall–Kier alpha value is -1.96. The van der Waals surface area contributed by atoms with Crippen molar-refractivity contribution < 1.29 is 22.7 Å². The maximum absolute atomic E-state index is 12.1. The fraction of sp³-hybridized carbons (Fsp3) is 0.417. The Morgan fingerprint density at radius 2 is 1.95 bits per heavy atom. The average molecular weight is 302 g/mol. The third-order valence-corrected chi connectivity index (χ3v) is 3.79. The number of methoxy groups -OCH3 is 2. The average Bonchev–Trinajstić information content (AvgIpc) is 2.43. The van der Waals surface area contributed by atoms with Gasteiger partial charge >= 0.3 is 6.03 Å². The van der Waals surface area contributed by atoms with E-state index in [0.29, 0.717) is 18.7 Å². The number of amides is 2. The highest BCUT2D eigenvalue weighted by Gasteiger charge is 2.22. The van der Waals surface area contributed by atoms with Gasteiger partial charge in [0.15, 0.2) is 0 Å². The second-order valence-corrected chi connectivity index (χ2v) is 5.53. The van der Waals surface area contributed by atoms with Gasteiger partial charge in [0.2, 0.25) is 0 Å². The molecule has 1 aromatic rings. The Morgan fingerprint density at radius 3 is 2.50 bits per heavy atom. The molecule has 20 heavy (non-hydrogen) atoms. The molecule has 0 bridgehead atoms. The lowest BCUT2D eigenvalue weighted by Crippen LogP contribution is -2.39. The zero-order valence-electron chi connectivity index (χ0n) is 11.6. The third kappa shape index (κ3) is 4.02. The highest BCUT2D eigenvalue weighted by atomic mass is 32.2. The highest BCUT2D eigenvalue weighted by Crippen LogP contribution is 2.28. The van der Waals surface area contributed by atoms with Crippen LogP contribution in [0.1, 0.15) is 13.3 Å². The van der Waals surface area contributed by atoms with Gasteiger partial charge in [-0.25, -0.2) is 17.9 Å². The first-order valence-electron chi connectivity index (χ1n) is 5.97. The molecule has 0 aliphatic carbocycles. The van der Waals surface area contributed by atoms with E-state index in [2.05, 4.69) is 5.32 Å². The number of carbonyl (C=O) groups is 1. The molecule has 7 nitrogen and oxygen atoms in total. The SMILES string of the molecule is CCCNC(=O)NS(=O)(=O)c1ccc(OC)cc1OC. The van der Waals surface area contributed by atoms with Crippen LogP contribution in [0.3, 0.4) is 0 Å². The van der Waals surface area contributed by atoms with Crippen molar-refractivity contribution in [1.82, 2.24) is 10.0 Å². The van der Waals surface area contributed by atoms with Crippen molar-refractivity contribution in [2.45, 2.75) is 18.2 Å². The van der Waals surface area contributed by atoms with Gasteiger partial charge in [0.1, 0.15) is 16.4 Å². The van der Waals surface area contributed by atoms with Crippen molar-refractivity contribution in [1.29, 1.82) is 0 Å². The molecule has 0 atom stereocenters. The van der Waals surface area contributed by atoms with Gasteiger partial charge in [-0.05, 0) is 18.6 Å². The summed E-state index contributed by atoms with van der Waals surface area (Å²) in [5.41, 5.74) is 0. The van der Waals surface area contributed by atoms with Crippen molar-refractivity contribution in [2.75, 3.05) is 20.8 Å². The van der Waals surface area contributed by atoms with Crippen LogP contribution in [0.5, 0.6) is 11.5 Å². The van der Waals surface area contributed by atoms with Crippen LogP contribution in [0.25, 0.3) is 0 Å². The Balaban J connectivity index is 3.00. The molecule has 0 saturated heterocycles. The number of carbonyl (C=O) groups excluding carboxylic acids is 1. The van der Waals surface area contributed by atoms with Crippen LogP contribution < -0.4 is 19.5 Å². The summed E-state index contributed by atoms with van der Waals surface area (Å²) in [5, 5.41) is 2.42. The van der Waals surface area contributed by atoms with Crippen LogP contribution in [0.2, 0.25) is 0 Å². The number of urea groups is 1. The Kier molecular flexibility index (Phi) is 5.63. The molecule has 112 valence electrons. The minimum atomic E-state index is -4.00. The molecule has 0 spiro atoms. The quantitative estimate of drug-likeness (QED) is 0.820. The van der Waals surface area contributed by atoms with Gasteiger partial charge in [-0.2, -0.15) is 0 Å². The van der Waals surface area contributed by atoms with Gasteiger partial charge in [0, 0.05) is 12.6 Å². The molecule has 2 amide bonds. The summed E-state index contributed by atoms with van der Waals surface area (Å²) in [7, 11) is -1.20. The molecule has 8 heteroatoms. The predicted octanol–water partition coefficient (Wildman–Crippen LogP) is 1.10. The van der Waals surface area contributed by atoms with Crippen molar-refractivity contribution >= 4 is 16.1 Å². The van der Waals surface area contributed by atoms with Gasteiger partial charge in [0.05, 0.1) is 14.2 Å². The molecule has 0 aromatic heterocycles. The molecule has 0 aliphatic rings. The maximum atomic E-state index is 12.1. The fourth-order valence-corrected chi connectivity index (χ4v) is 2.53. The molecular weight excluding hydrogens is 284 g/mol. The van der Waals surface area contributed by atoms with Crippen molar-refractivity contribution in [3.8, 4) is 11.5 Å². The van der Waals surface area contributed by atoms with Crippen LogP contribution in [-0.4, -0.2) is 35.2 Å². The van der Waals surface area contributed by atoms with Gasteiger partial charge in [-0.3, -0.25) is 0 Å². The van der Waals surface area contributed by atoms with E-state index in [9.17, 15) is 13.2 Å². The first kappa shape index (κ1) is 16.1. The molecule has 1 rings (SSSR count). The van der Waals surface area contributed by atoms with E-state index in [-0.39, 0.29) is 10.6 Å². The zero-order chi connectivity index (χ0) is 15.2. The monoisotopic (exact) mass is 302 g/mol. The van der Waals surface area contributed by atoms with E-state index < -0.39 is 16.1 Å². The number of hydrogen-bond donors (Lipinski definition) is 2. The van der Waals surface area contributed by atoms with Crippen molar-refractivity contribution in [2.24, 2.45) is 0 Å². The smallest absolute Gasteiger partial charge is 0.328 e. The first-order chi connectivity index (χ1) is 9.44. The molecule has 0 saturated carbocycles. The van der Waals surface area contributed by atoms with E-state index in [4.69, 9.17) is 9.47 Å². The van der Waals surface area contributed by atoms with Crippen molar-refractivity contribution in [3.05, 3.63) is 18.2 Å². The van der Waals surface area contributed by atoms with Gasteiger partial charge in [0.25, 0.3) is 10.0 Å². The predicted molar refractivity (Wildman–Crippen MR) is 73.6 cm³/mol. The van der Waals surface area contributed by atoms with Gasteiger partial charge in [-0.15, -0.1) is 0 Å². The lowest BCUT2D eigenvalue weighted by atomic mass is 10.3. The van der Waals surface area contributed by atoms with Crippen LogP contribution in [0, 0.1) is 0 Å². The maximum Gasteiger partial charge on any atom is 0.328 e. The normalized spacial score (nSPS) is 10.8. The first-order valence-corrected chi connectivity index (χ1v) is 7.45. The fourth-order valence-electron chi connectivity index (χ4n) is 1.45. The lowest BCUT2D eigenvalue weighted by molar-refractivity contribution is 0.246. The summed E-state index contributed by atoms with van der Waals surface area (Å²) in [6.07, 6.45) is 0.708. The molecule has 0 aliphatic heterocycles. The summed E-state index contributed by atoms with van der Waals surface area (Å²) >= 11 is 0. The van der Waals surface area contributed by atoms with Gasteiger partial charge in [-0.1, -0.05) is 6.92 Å². The summed E-state index contributed by atoms with van der Waals surface area (Å²) in [6.45, 7) is 2.25. The molecule has 0 fully saturated rings. The summed E-state index contributed by atoms with van der Waals surface area (Å²) < 4.78 is 36.1. The van der Waals surface area contributed by atoms with E-state index in [1.54, 1.807) is 0 Å². The Labute approximate surface area is 118 Å². The topological polar surface area (TPSA) is 93.7 Å². The second-order valence-electron chi connectivity index (χ2n) is 3.88. The molecule has 1 aromatic carbocycles. The van der Waals surface area contributed by atoms with Crippen LogP contribution >= 0.6 is 0 Å². The lowest BCUT2D eigenvalue weighted by Gasteiger charge is -2.12. The molecule has 2 N–H and O–H groups in total. The molecule has 0 radical (unpaired) electrons. The van der Waals surface area contributed by atoms with Crippen LogP contribution in [-0.2, 0) is 10.0 Å². The summed E-state index contributed by atoms with van der Waals surface area (Å²) in [4.78, 5) is 11.3. The number of sulfonamides is 1. The number of ether oxygens (including phenoxy) is 2. The van der Waals surface area contributed by atoms with Crippen LogP contribution in [0.4, 0.5) is 4.79 Å². The van der Waals surface area contributed by atoms with E-state index >= 15 is 0 Å². The molecule has 0 heterocycles. The molecular formula is C12H18N2O5S. The zero-order valence-corrected chi connectivity index (χ0v) is 12.4. The molecule has 0 unspecified atom stereocenters. The second kappa shape index (κ2) is 6.99. The van der Waals surface area contributed by atoms with E-state index in [0.717, 1.165) is 0 Å². The standard InChI is InChI=1S/C12H18N2O5S/c1-4-7-13-12(15)14-20(16,17)11-6-5-9(18-2)8-10(11)19-3/h5-6,8H,4,7H2,1-3H3,(H2,13,14,15). The minimum absolute atomic E-state index is 0.0974. The highest BCUT2D eigenvalue weighted by molar-refractivity contribution is 7.90. The number of benzene rings is 1. The largest absolute Gasteiger partial charge is 0.497 e. The number of rotatable bonds is 6. The van der Waals surface area contributed by atoms with Crippen LogP contribution in [0.15, 0.2) is 23.1 Å². The minimum Gasteiger partial charge on any atom is -0.497 e.